The van der Waals surface area contributed by atoms with Gasteiger partial charge in [-0.3, -0.25) is 4.99 Å². The second kappa shape index (κ2) is 10.5. The Bertz CT molecular complexity index is 2800. The Balaban J connectivity index is 1.28. The quantitative estimate of drug-likeness (QED) is 0.213. The molecule has 0 aliphatic carbocycles. The van der Waals surface area contributed by atoms with E-state index in [-0.39, 0.29) is 0 Å². The molecule has 222 valence electrons. The molecule has 3 heterocycles. The minimum Gasteiger partial charge on any atom is -0.456 e. The maximum Gasteiger partial charge on any atom is 0.136 e. The molecule has 1 aliphatic rings. The van der Waals surface area contributed by atoms with Crippen molar-refractivity contribution in [2.75, 3.05) is 5.32 Å². The third-order valence-electron chi connectivity index (χ3n) is 9.14. The van der Waals surface area contributed by atoms with Crippen LogP contribution in [0.2, 0.25) is 0 Å². The molecule has 6 aromatic carbocycles. The topological polar surface area (TPSA) is 114 Å². The highest BCUT2D eigenvalue weighted by Gasteiger charge is 2.29. The van der Waals surface area contributed by atoms with Crippen molar-refractivity contribution in [3.63, 3.8) is 0 Å². The van der Waals surface area contributed by atoms with Gasteiger partial charge in [0.25, 0.3) is 0 Å². The van der Waals surface area contributed by atoms with E-state index in [1.165, 1.54) is 0 Å². The molecule has 1 aliphatic heterocycles. The van der Waals surface area contributed by atoms with Gasteiger partial charge in [0.15, 0.2) is 0 Å². The van der Waals surface area contributed by atoms with Crippen LogP contribution in [0.3, 0.4) is 0 Å². The van der Waals surface area contributed by atoms with Crippen molar-refractivity contribution in [2.24, 2.45) is 4.99 Å². The SMILES string of the molecule is N#Cc1cc(C#N)c2c(c1)C(c1ccc(-n3c4ccccc4c4cc5oc6ccccc6c5cc43)cc1C#N)N=C(c1ccccc1)N2. The van der Waals surface area contributed by atoms with Gasteiger partial charge in [-0.2, -0.15) is 15.8 Å². The molecule has 0 radical (unpaired) electrons. The summed E-state index contributed by atoms with van der Waals surface area (Å²) in [7, 11) is 0. The van der Waals surface area contributed by atoms with Crippen LogP contribution < -0.4 is 5.32 Å². The third-order valence-corrected chi connectivity index (χ3v) is 9.14. The van der Waals surface area contributed by atoms with Crippen LogP contribution in [0.25, 0.3) is 49.4 Å². The minimum atomic E-state index is -0.629. The maximum absolute atomic E-state index is 10.6. The molecule has 48 heavy (non-hydrogen) atoms. The van der Waals surface area contributed by atoms with Gasteiger partial charge in [-0.25, -0.2) is 0 Å². The fraction of sp³-hybridized carbons (Fsp3) is 0.0244. The van der Waals surface area contributed by atoms with Gasteiger partial charge >= 0.3 is 0 Å². The Morgan fingerprint density at radius 3 is 2.19 bits per heavy atom. The molecule has 1 atom stereocenters. The van der Waals surface area contributed by atoms with Crippen LogP contribution in [0.1, 0.15) is 39.4 Å². The van der Waals surface area contributed by atoms with Crippen LogP contribution in [0, 0.1) is 34.0 Å². The number of anilines is 1. The summed E-state index contributed by atoms with van der Waals surface area (Å²) in [4.78, 5) is 5.09. The summed E-state index contributed by atoms with van der Waals surface area (Å²) in [5, 5.41) is 38.0. The van der Waals surface area contributed by atoms with Crippen molar-refractivity contribution < 1.29 is 4.42 Å². The van der Waals surface area contributed by atoms with Crippen molar-refractivity contribution in [1.29, 1.82) is 15.8 Å². The number of amidine groups is 1. The number of furan rings is 1. The summed E-state index contributed by atoms with van der Waals surface area (Å²) in [5.74, 6) is 0.584. The van der Waals surface area contributed by atoms with E-state index in [1.54, 1.807) is 12.1 Å². The lowest BCUT2D eigenvalue weighted by Gasteiger charge is -2.27. The van der Waals surface area contributed by atoms with Crippen molar-refractivity contribution in [3.8, 4) is 23.9 Å². The highest BCUT2D eigenvalue weighted by atomic mass is 16.3. The van der Waals surface area contributed by atoms with Crippen LogP contribution in [0.5, 0.6) is 0 Å². The monoisotopic (exact) mass is 614 g/mol. The molecular weight excluding hydrogens is 592 g/mol. The van der Waals surface area contributed by atoms with E-state index in [1.807, 2.05) is 78.9 Å². The Hall–Kier alpha value is -7.14. The molecule has 2 aromatic heterocycles. The van der Waals surface area contributed by atoms with E-state index in [0.29, 0.717) is 39.3 Å². The number of para-hydroxylation sites is 2. The third kappa shape index (κ3) is 4.01. The largest absolute Gasteiger partial charge is 0.456 e. The van der Waals surface area contributed by atoms with E-state index >= 15 is 0 Å². The number of nitriles is 3. The first-order chi connectivity index (χ1) is 23.6. The number of aromatic nitrogens is 1. The van der Waals surface area contributed by atoms with E-state index < -0.39 is 6.04 Å². The number of rotatable bonds is 3. The first-order valence-corrected chi connectivity index (χ1v) is 15.4. The first kappa shape index (κ1) is 27.2. The van der Waals surface area contributed by atoms with Gasteiger partial charge in [-0.05, 0) is 54.1 Å². The van der Waals surface area contributed by atoms with Gasteiger partial charge in [-0.1, -0.05) is 72.8 Å². The summed E-state index contributed by atoms with van der Waals surface area (Å²) in [6.45, 7) is 0. The summed E-state index contributed by atoms with van der Waals surface area (Å²) in [6, 6.07) is 45.6. The fourth-order valence-electron chi connectivity index (χ4n) is 6.99. The molecule has 8 aromatic rings. The first-order valence-electron chi connectivity index (χ1n) is 15.4. The second-order valence-corrected chi connectivity index (χ2v) is 11.8. The lowest BCUT2D eigenvalue weighted by molar-refractivity contribution is 0.669. The van der Waals surface area contributed by atoms with Crippen molar-refractivity contribution in [3.05, 3.63) is 155 Å². The van der Waals surface area contributed by atoms with E-state index in [2.05, 4.69) is 58.4 Å². The predicted octanol–water partition coefficient (Wildman–Crippen LogP) is 9.26. The number of nitrogens with one attached hydrogen (secondary N) is 1. The van der Waals surface area contributed by atoms with Crippen molar-refractivity contribution in [2.45, 2.75) is 6.04 Å². The molecule has 1 unspecified atom stereocenters. The second-order valence-electron chi connectivity index (χ2n) is 11.8. The highest BCUT2D eigenvalue weighted by Crippen LogP contribution is 2.42. The number of hydrogen-bond acceptors (Lipinski definition) is 6. The Labute approximate surface area is 274 Å². The number of fused-ring (bicyclic) bond motifs is 7. The van der Waals surface area contributed by atoms with Crippen molar-refractivity contribution >= 4 is 55.3 Å². The zero-order valence-electron chi connectivity index (χ0n) is 25.3. The average molecular weight is 615 g/mol. The molecule has 0 spiro atoms. The van der Waals surface area contributed by atoms with Crippen LogP contribution in [0.4, 0.5) is 5.69 Å². The van der Waals surface area contributed by atoms with Crippen LogP contribution in [0.15, 0.2) is 131 Å². The molecule has 0 bridgehead atoms. The highest BCUT2D eigenvalue weighted by molar-refractivity contribution is 6.17. The van der Waals surface area contributed by atoms with Crippen molar-refractivity contribution in [1.82, 2.24) is 4.57 Å². The van der Waals surface area contributed by atoms with E-state index in [4.69, 9.17) is 9.41 Å². The molecule has 0 fully saturated rings. The lowest BCUT2D eigenvalue weighted by atomic mass is 9.89. The predicted molar refractivity (Wildman–Crippen MR) is 187 cm³/mol. The van der Waals surface area contributed by atoms with Gasteiger partial charge < -0.3 is 14.3 Å². The molecular formula is C41H22N6O. The molecule has 1 N–H and O–H groups in total. The molecule has 9 rings (SSSR count). The van der Waals surface area contributed by atoms with Crippen LogP contribution >= 0.6 is 0 Å². The van der Waals surface area contributed by atoms with Gasteiger partial charge in [0, 0.05) is 38.4 Å². The lowest BCUT2D eigenvalue weighted by Crippen LogP contribution is -2.23. The Morgan fingerprint density at radius 2 is 1.38 bits per heavy atom. The zero-order chi connectivity index (χ0) is 32.4. The van der Waals surface area contributed by atoms with Crippen LogP contribution in [-0.4, -0.2) is 10.4 Å². The summed E-state index contributed by atoms with van der Waals surface area (Å²) in [6.07, 6.45) is 0. The molecule has 7 heteroatoms. The van der Waals surface area contributed by atoms with E-state index in [9.17, 15) is 15.8 Å². The zero-order valence-corrected chi connectivity index (χ0v) is 25.3. The van der Waals surface area contributed by atoms with Crippen LogP contribution in [-0.2, 0) is 0 Å². The standard InChI is InChI=1S/C41H22N6O/c42-21-24-16-27(23-44)39-34(17-24)40(46-41(45-39)25-8-2-1-3-9-25)29-15-14-28(18-26(29)22-43)47-35-12-6-4-10-30(35)32-20-38-33(19-36(32)47)31-11-5-7-13-37(31)48-38/h1-20,40H,(H,45,46). The number of aliphatic imine (C=N–C) groups is 1. The molecule has 7 nitrogen and oxygen atoms in total. The minimum absolute atomic E-state index is 0.343. The van der Waals surface area contributed by atoms with Gasteiger partial charge in [0.2, 0.25) is 0 Å². The summed E-state index contributed by atoms with van der Waals surface area (Å²) < 4.78 is 8.42. The van der Waals surface area contributed by atoms with Gasteiger partial charge in [-0.15, -0.1) is 0 Å². The molecule has 0 saturated carbocycles. The molecule has 0 saturated heterocycles. The van der Waals surface area contributed by atoms with Gasteiger partial charge in [0.1, 0.15) is 29.1 Å². The normalized spacial score (nSPS) is 13.9. The number of hydrogen-bond donors (Lipinski definition) is 1. The smallest absolute Gasteiger partial charge is 0.136 e. The Morgan fingerprint density at radius 1 is 0.604 bits per heavy atom. The maximum atomic E-state index is 10.6. The summed E-state index contributed by atoms with van der Waals surface area (Å²) >= 11 is 0. The fourth-order valence-corrected chi connectivity index (χ4v) is 6.99. The summed E-state index contributed by atoms with van der Waals surface area (Å²) in [5.41, 5.74) is 8.43. The Kier molecular flexibility index (Phi) is 5.93. The molecule has 0 amide bonds. The number of nitrogens with zero attached hydrogens (tertiary/aromatic N) is 5. The van der Waals surface area contributed by atoms with Gasteiger partial charge in [0.05, 0.1) is 45.5 Å². The number of benzene rings is 6. The van der Waals surface area contributed by atoms with E-state index in [0.717, 1.165) is 55.0 Å². The average Bonchev–Trinajstić information content (AvgIpc) is 3.67.